The molecule has 1 amide bonds. The number of nitro benzene ring substituents is 1. The maximum absolute atomic E-state index is 13.9. The van der Waals surface area contributed by atoms with Gasteiger partial charge in [0.2, 0.25) is 0 Å². The molecule has 0 spiro atoms. The zero-order valence-corrected chi connectivity index (χ0v) is 15.5. The van der Waals surface area contributed by atoms with Crippen molar-refractivity contribution in [3.63, 3.8) is 0 Å². The number of carbonyl (C=O) groups is 2. The summed E-state index contributed by atoms with van der Waals surface area (Å²) in [7, 11) is 1.10. The summed E-state index contributed by atoms with van der Waals surface area (Å²) >= 11 is 0.908. The number of amides is 1. The summed E-state index contributed by atoms with van der Waals surface area (Å²) < 4.78 is 32.3. The van der Waals surface area contributed by atoms with Gasteiger partial charge in [0, 0.05) is 23.1 Å². The van der Waals surface area contributed by atoms with Crippen molar-refractivity contribution in [2.45, 2.75) is 0 Å². The summed E-state index contributed by atoms with van der Waals surface area (Å²) in [6.45, 7) is 0. The molecule has 148 valence electrons. The molecule has 3 aromatic rings. The van der Waals surface area contributed by atoms with Crippen LogP contribution in [0, 0.1) is 21.7 Å². The van der Waals surface area contributed by atoms with Gasteiger partial charge in [0.1, 0.15) is 11.6 Å². The Bertz CT molecular complexity index is 1110. The Hall–Kier alpha value is -3.73. The molecule has 11 heteroatoms. The van der Waals surface area contributed by atoms with E-state index in [2.05, 4.69) is 15.0 Å². The van der Waals surface area contributed by atoms with Crippen LogP contribution in [0.5, 0.6) is 0 Å². The van der Waals surface area contributed by atoms with E-state index in [9.17, 15) is 28.5 Å². The van der Waals surface area contributed by atoms with Gasteiger partial charge < -0.3 is 4.74 Å². The molecular formula is C18H11F2N3O5S. The molecule has 2 aromatic carbocycles. The smallest absolute Gasteiger partial charge is 0.338 e. The van der Waals surface area contributed by atoms with Crippen LogP contribution in [0.1, 0.15) is 20.7 Å². The van der Waals surface area contributed by atoms with Crippen molar-refractivity contribution >= 4 is 34.0 Å². The van der Waals surface area contributed by atoms with E-state index in [1.165, 1.54) is 11.4 Å². The minimum atomic E-state index is -0.852. The topological polar surface area (TPSA) is 111 Å². The summed E-state index contributed by atoms with van der Waals surface area (Å²) in [4.78, 5) is 38.4. The fourth-order valence-electron chi connectivity index (χ4n) is 2.44. The van der Waals surface area contributed by atoms with E-state index < -0.39 is 34.1 Å². The number of hydrogen-bond donors (Lipinski definition) is 1. The van der Waals surface area contributed by atoms with Crippen LogP contribution in [0.25, 0.3) is 11.3 Å². The number of aromatic nitrogens is 1. The van der Waals surface area contributed by atoms with Gasteiger partial charge in [0.25, 0.3) is 11.6 Å². The standard InChI is InChI=1S/C18H11F2N3O5S/c1-28-17(25)10-5-9(6-11(7-10)23(26)27)16(24)22-18-21-14(8-29-18)15-12(19)3-2-4-13(15)20/h2-8H,1H3,(H,21,22,24). The van der Waals surface area contributed by atoms with Crippen molar-refractivity contribution in [2.75, 3.05) is 12.4 Å². The van der Waals surface area contributed by atoms with Gasteiger partial charge in [0.05, 0.1) is 28.9 Å². The first kappa shape index (κ1) is 20.0. The lowest BCUT2D eigenvalue weighted by molar-refractivity contribution is -0.384. The lowest BCUT2D eigenvalue weighted by Crippen LogP contribution is -2.14. The van der Waals surface area contributed by atoms with E-state index in [-0.39, 0.29) is 27.5 Å². The molecule has 0 radical (unpaired) electrons. The van der Waals surface area contributed by atoms with E-state index in [4.69, 9.17) is 0 Å². The van der Waals surface area contributed by atoms with E-state index in [0.29, 0.717) is 0 Å². The van der Waals surface area contributed by atoms with Crippen molar-refractivity contribution < 1.29 is 28.0 Å². The highest BCUT2D eigenvalue weighted by Crippen LogP contribution is 2.29. The van der Waals surface area contributed by atoms with Crippen LogP contribution < -0.4 is 5.32 Å². The molecule has 8 nitrogen and oxygen atoms in total. The van der Waals surface area contributed by atoms with E-state index in [1.54, 1.807) is 0 Å². The minimum absolute atomic E-state index is 0.0128. The number of rotatable bonds is 5. The van der Waals surface area contributed by atoms with Gasteiger partial charge in [0.15, 0.2) is 5.13 Å². The largest absolute Gasteiger partial charge is 0.465 e. The highest BCUT2D eigenvalue weighted by molar-refractivity contribution is 7.14. The summed E-state index contributed by atoms with van der Waals surface area (Å²) in [6.07, 6.45) is 0. The quantitative estimate of drug-likeness (QED) is 0.380. The molecule has 0 unspecified atom stereocenters. The Balaban J connectivity index is 1.90. The zero-order valence-electron chi connectivity index (χ0n) is 14.6. The second kappa shape index (κ2) is 8.10. The van der Waals surface area contributed by atoms with Crippen LogP contribution in [0.15, 0.2) is 41.8 Å². The molecule has 0 atom stereocenters. The summed E-state index contributed by atoms with van der Waals surface area (Å²) in [5, 5.41) is 14.8. The first-order valence-electron chi connectivity index (χ1n) is 7.89. The number of halogens is 2. The number of benzene rings is 2. The second-order valence-electron chi connectivity index (χ2n) is 5.61. The van der Waals surface area contributed by atoms with Crippen LogP contribution in [-0.2, 0) is 4.74 Å². The van der Waals surface area contributed by atoms with E-state index in [0.717, 1.165) is 48.8 Å². The van der Waals surface area contributed by atoms with E-state index >= 15 is 0 Å². The molecule has 0 fully saturated rings. The Morgan fingerprint density at radius 1 is 1.17 bits per heavy atom. The molecule has 0 saturated carbocycles. The van der Waals surface area contributed by atoms with Crippen molar-refractivity contribution in [1.29, 1.82) is 0 Å². The van der Waals surface area contributed by atoms with Gasteiger partial charge >= 0.3 is 5.97 Å². The molecule has 1 N–H and O–H groups in total. The van der Waals surface area contributed by atoms with Crippen molar-refractivity contribution in [3.05, 3.63) is 74.7 Å². The Kier molecular flexibility index (Phi) is 5.59. The SMILES string of the molecule is COC(=O)c1cc(C(=O)Nc2nc(-c3c(F)cccc3F)cs2)cc([N+](=O)[O-])c1. The lowest BCUT2D eigenvalue weighted by Gasteiger charge is -2.05. The minimum Gasteiger partial charge on any atom is -0.465 e. The lowest BCUT2D eigenvalue weighted by atomic mass is 10.1. The first-order valence-corrected chi connectivity index (χ1v) is 8.77. The molecule has 1 aromatic heterocycles. The van der Waals surface area contributed by atoms with Crippen LogP contribution in [0.2, 0.25) is 0 Å². The van der Waals surface area contributed by atoms with Crippen molar-refractivity contribution in [3.8, 4) is 11.3 Å². The highest BCUT2D eigenvalue weighted by atomic mass is 32.1. The average molecular weight is 419 g/mol. The molecule has 0 aliphatic carbocycles. The van der Waals surface area contributed by atoms with Crippen LogP contribution in [0.4, 0.5) is 19.6 Å². The van der Waals surface area contributed by atoms with Crippen molar-refractivity contribution in [1.82, 2.24) is 4.98 Å². The fourth-order valence-corrected chi connectivity index (χ4v) is 3.14. The number of ether oxygens (including phenoxy) is 1. The predicted molar refractivity (Wildman–Crippen MR) is 99.9 cm³/mol. The Labute approximate surface area is 165 Å². The monoisotopic (exact) mass is 419 g/mol. The Morgan fingerprint density at radius 2 is 1.83 bits per heavy atom. The number of esters is 1. The summed E-state index contributed by atoms with van der Waals surface area (Å²) in [5.74, 6) is -3.27. The zero-order chi connectivity index (χ0) is 21.1. The number of nitrogens with one attached hydrogen (secondary N) is 1. The number of anilines is 1. The van der Waals surface area contributed by atoms with Crippen LogP contribution in [-0.4, -0.2) is 28.9 Å². The fraction of sp³-hybridized carbons (Fsp3) is 0.0556. The van der Waals surface area contributed by atoms with Gasteiger partial charge in [-0.3, -0.25) is 20.2 Å². The van der Waals surface area contributed by atoms with Crippen molar-refractivity contribution in [2.24, 2.45) is 0 Å². The number of non-ortho nitro benzene ring substituents is 1. The number of hydrogen-bond acceptors (Lipinski definition) is 7. The maximum Gasteiger partial charge on any atom is 0.338 e. The van der Waals surface area contributed by atoms with Gasteiger partial charge in [-0.2, -0.15) is 0 Å². The first-order chi connectivity index (χ1) is 13.8. The molecule has 3 rings (SSSR count). The van der Waals surface area contributed by atoms with Gasteiger partial charge in [-0.1, -0.05) is 6.07 Å². The number of nitrogens with zero attached hydrogens (tertiary/aromatic N) is 2. The summed E-state index contributed by atoms with van der Waals surface area (Å²) in [5.41, 5.74) is -1.21. The number of thiazole rings is 1. The molecule has 0 bridgehead atoms. The summed E-state index contributed by atoms with van der Waals surface area (Å²) in [6, 6.07) is 6.45. The number of carbonyl (C=O) groups excluding carboxylic acids is 2. The third kappa shape index (κ3) is 4.24. The Morgan fingerprint density at radius 3 is 2.45 bits per heavy atom. The number of methoxy groups -OCH3 is 1. The molecule has 0 aliphatic heterocycles. The molecule has 1 heterocycles. The molecule has 0 saturated heterocycles. The van der Waals surface area contributed by atoms with Crippen LogP contribution in [0.3, 0.4) is 0 Å². The predicted octanol–water partition coefficient (Wildman–Crippen LogP) is 4.04. The molecule has 0 aliphatic rings. The highest BCUT2D eigenvalue weighted by Gasteiger charge is 2.20. The molecule has 29 heavy (non-hydrogen) atoms. The third-order valence-corrected chi connectivity index (χ3v) is 4.51. The second-order valence-corrected chi connectivity index (χ2v) is 6.46. The maximum atomic E-state index is 13.9. The van der Waals surface area contributed by atoms with Crippen LogP contribution >= 0.6 is 11.3 Å². The van der Waals surface area contributed by atoms with Gasteiger partial charge in [-0.05, 0) is 18.2 Å². The average Bonchev–Trinajstić information content (AvgIpc) is 3.14. The number of nitro groups is 1. The van der Waals surface area contributed by atoms with E-state index in [1.807, 2.05) is 0 Å². The van der Waals surface area contributed by atoms with Gasteiger partial charge in [-0.25, -0.2) is 18.6 Å². The third-order valence-electron chi connectivity index (χ3n) is 3.76. The normalized spacial score (nSPS) is 10.4. The van der Waals surface area contributed by atoms with Gasteiger partial charge in [-0.15, -0.1) is 11.3 Å². The molecular weight excluding hydrogens is 408 g/mol.